The van der Waals surface area contributed by atoms with Crippen LogP contribution in [0.4, 0.5) is 0 Å². The van der Waals surface area contributed by atoms with Crippen molar-refractivity contribution in [1.29, 1.82) is 0 Å². The number of rotatable bonds is 3. The second-order valence-electron chi connectivity index (χ2n) is 3.95. The van der Waals surface area contributed by atoms with E-state index in [0.29, 0.717) is 0 Å². The molecule has 0 aliphatic heterocycles. The molecule has 0 radical (unpaired) electrons. The molecule has 0 bridgehead atoms. The normalized spacial score (nSPS) is 21.3. The van der Waals surface area contributed by atoms with E-state index in [0.717, 1.165) is 11.5 Å². The van der Waals surface area contributed by atoms with E-state index < -0.39 is 0 Å². The molecule has 70 valence electrons. The zero-order valence-corrected chi connectivity index (χ0v) is 8.05. The van der Waals surface area contributed by atoms with Gasteiger partial charge in [-0.05, 0) is 19.3 Å². The fourth-order valence-electron chi connectivity index (χ4n) is 1.86. The van der Waals surface area contributed by atoms with Crippen LogP contribution in [0.15, 0.2) is 11.6 Å². The summed E-state index contributed by atoms with van der Waals surface area (Å²) in [5, 5.41) is 8.80. The van der Waals surface area contributed by atoms with Crippen molar-refractivity contribution in [3.8, 4) is 0 Å². The lowest BCUT2D eigenvalue weighted by Crippen LogP contribution is -2.05. The van der Waals surface area contributed by atoms with Gasteiger partial charge in [-0.1, -0.05) is 43.8 Å². The Labute approximate surface area is 75.5 Å². The van der Waals surface area contributed by atoms with Crippen LogP contribution < -0.4 is 0 Å². The summed E-state index contributed by atoms with van der Waals surface area (Å²) >= 11 is 0. The number of hydrogen-bond donors (Lipinski definition) is 1. The molecule has 0 aromatic rings. The quantitative estimate of drug-likeness (QED) is 0.642. The van der Waals surface area contributed by atoms with Crippen LogP contribution in [0, 0.1) is 5.92 Å². The molecule has 12 heavy (non-hydrogen) atoms. The number of hydrogen-bond acceptors (Lipinski definition) is 1. The fraction of sp³-hybridized carbons (Fsp3) is 0.818. The van der Waals surface area contributed by atoms with Crippen LogP contribution in [0.2, 0.25) is 0 Å². The van der Waals surface area contributed by atoms with E-state index in [-0.39, 0.29) is 6.61 Å². The van der Waals surface area contributed by atoms with Crippen LogP contribution in [-0.2, 0) is 0 Å². The lowest BCUT2D eigenvalue weighted by molar-refractivity contribution is 0.327. The van der Waals surface area contributed by atoms with Gasteiger partial charge in [0, 0.05) is 0 Å². The minimum atomic E-state index is 0.229. The van der Waals surface area contributed by atoms with Gasteiger partial charge in [0.05, 0.1) is 6.61 Å². The molecule has 1 N–H and O–H groups in total. The van der Waals surface area contributed by atoms with Gasteiger partial charge < -0.3 is 5.11 Å². The summed E-state index contributed by atoms with van der Waals surface area (Å²) in [5.41, 5.74) is 1.13. The minimum Gasteiger partial charge on any atom is -0.392 e. The summed E-state index contributed by atoms with van der Waals surface area (Å²) in [4.78, 5) is 0. The highest BCUT2D eigenvalue weighted by Crippen LogP contribution is 2.26. The van der Waals surface area contributed by atoms with E-state index in [1.54, 1.807) is 0 Å². The van der Waals surface area contributed by atoms with E-state index >= 15 is 0 Å². The molecule has 0 aromatic carbocycles. The number of aliphatic hydroxyl groups excluding tert-OH is 1. The molecule has 0 atom stereocenters. The zero-order valence-electron chi connectivity index (χ0n) is 8.05. The lowest BCUT2D eigenvalue weighted by atomic mass is 9.86. The van der Waals surface area contributed by atoms with Crippen LogP contribution in [0.1, 0.15) is 45.4 Å². The standard InChI is InChI=1S/C11H20O/c1-10(9-12)7-8-11-5-3-2-4-6-11/h7,11-12H,2-6,8-9H2,1H3/b10-7+. The van der Waals surface area contributed by atoms with Gasteiger partial charge in [0.2, 0.25) is 0 Å². The van der Waals surface area contributed by atoms with Crippen molar-refractivity contribution in [3.05, 3.63) is 11.6 Å². The third-order valence-corrected chi connectivity index (χ3v) is 2.77. The van der Waals surface area contributed by atoms with E-state index in [1.807, 2.05) is 6.92 Å². The zero-order chi connectivity index (χ0) is 8.81. The molecule has 1 saturated carbocycles. The molecule has 1 heteroatoms. The van der Waals surface area contributed by atoms with Crippen molar-refractivity contribution in [2.75, 3.05) is 6.61 Å². The SMILES string of the molecule is C/C(=C\CC1CCCCC1)CO. The Hall–Kier alpha value is -0.300. The van der Waals surface area contributed by atoms with Crippen LogP contribution in [0.25, 0.3) is 0 Å². The molecule has 1 aliphatic rings. The van der Waals surface area contributed by atoms with Crippen LogP contribution >= 0.6 is 0 Å². The van der Waals surface area contributed by atoms with Gasteiger partial charge in [-0.25, -0.2) is 0 Å². The summed E-state index contributed by atoms with van der Waals surface area (Å²) < 4.78 is 0. The van der Waals surface area contributed by atoms with Gasteiger partial charge in [0.1, 0.15) is 0 Å². The topological polar surface area (TPSA) is 20.2 Å². The Morgan fingerprint density at radius 3 is 2.58 bits per heavy atom. The monoisotopic (exact) mass is 168 g/mol. The highest BCUT2D eigenvalue weighted by atomic mass is 16.3. The Bertz CT molecular complexity index is 143. The average Bonchev–Trinajstić information content (AvgIpc) is 2.16. The predicted molar refractivity (Wildman–Crippen MR) is 52.0 cm³/mol. The first-order valence-electron chi connectivity index (χ1n) is 5.09. The van der Waals surface area contributed by atoms with Gasteiger partial charge >= 0.3 is 0 Å². The maximum atomic E-state index is 8.80. The van der Waals surface area contributed by atoms with Gasteiger partial charge in [-0.3, -0.25) is 0 Å². The van der Waals surface area contributed by atoms with E-state index in [4.69, 9.17) is 5.11 Å². The van der Waals surface area contributed by atoms with Crippen molar-refractivity contribution >= 4 is 0 Å². The van der Waals surface area contributed by atoms with Gasteiger partial charge in [0.25, 0.3) is 0 Å². The molecule has 0 unspecified atom stereocenters. The average molecular weight is 168 g/mol. The molecule has 0 aromatic heterocycles. The Balaban J connectivity index is 2.21. The first-order valence-corrected chi connectivity index (χ1v) is 5.09. The molecule has 0 heterocycles. The fourth-order valence-corrected chi connectivity index (χ4v) is 1.86. The van der Waals surface area contributed by atoms with Crippen molar-refractivity contribution in [3.63, 3.8) is 0 Å². The smallest absolute Gasteiger partial charge is 0.0639 e. The second-order valence-corrected chi connectivity index (χ2v) is 3.95. The third-order valence-electron chi connectivity index (χ3n) is 2.77. The molecular formula is C11H20O. The van der Waals surface area contributed by atoms with Crippen molar-refractivity contribution < 1.29 is 5.11 Å². The highest BCUT2D eigenvalue weighted by molar-refractivity contribution is 4.98. The molecule has 0 amide bonds. The van der Waals surface area contributed by atoms with Crippen molar-refractivity contribution in [1.82, 2.24) is 0 Å². The molecule has 0 spiro atoms. The summed E-state index contributed by atoms with van der Waals surface area (Å²) in [6, 6.07) is 0. The van der Waals surface area contributed by atoms with Gasteiger partial charge in [-0.15, -0.1) is 0 Å². The first-order chi connectivity index (χ1) is 5.83. The van der Waals surface area contributed by atoms with Crippen LogP contribution in [0.5, 0.6) is 0 Å². The molecule has 1 rings (SSSR count). The summed E-state index contributed by atoms with van der Waals surface area (Å²) in [5.74, 6) is 0.903. The van der Waals surface area contributed by atoms with Crippen molar-refractivity contribution in [2.45, 2.75) is 45.4 Å². The van der Waals surface area contributed by atoms with Crippen LogP contribution in [0.3, 0.4) is 0 Å². The summed E-state index contributed by atoms with van der Waals surface area (Å²) in [6.07, 6.45) is 10.4. The summed E-state index contributed by atoms with van der Waals surface area (Å²) in [7, 11) is 0. The van der Waals surface area contributed by atoms with Gasteiger partial charge in [-0.2, -0.15) is 0 Å². The second kappa shape index (κ2) is 5.36. The Morgan fingerprint density at radius 2 is 2.00 bits per heavy atom. The maximum absolute atomic E-state index is 8.80. The highest BCUT2D eigenvalue weighted by Gasteiger charge is 2.11. The van der Waals surface area contributed by atoms with E-state index in [2.05, 4.69) is 6.08 Å². The van der Waals surface area contributed by atoms with Crippen LogP contribution in [-0.4, -0.2) is 11.7 Å². The van der Waals surface area contributed by atoms with Gasteiger partial charge in [0.15, 0.2) is 0 Å². The molecule has 1 aliphatic carbocycles. The maximum Gasteiger partial charge on any atom is 0.0639 e. The third kappa shape index (κ3) is 3.40. The molecule has 1 fully saturated rings. The molecular weight excluding hydrogens is 148 g/mol. The largest absolute Gasteiger partial charge is 0.392 e. The molecule has 1 nitrogen and oxygen atoms in total. The van der Waals surface area contributed by atoms with E-state index in [9.17, 15) is 0 Å². The summed E-state index contributed by atoms with van der Waals surface area (Å²) in [6.45, 7) is 2.23. The molecule has 0 saturated heterocycles. The van der Waals surface area contributed by atoms with Crippen molar-refractivity contribution in [2.24, 2.45) is 5.92 Å². The number of allylic oxidation sites excluding steroid dienone is 1. The minimum absolute atomic E-state index is 0.229. The Kier molecular flexibility index (Phi) is 4.37. The van der Waals surface area contributed by atoms with E-state index in [1.165, 1.54) is 38.5 Å². The number of aliphatic hydroxyl groups is 1. The lowest BCUT2D eigenvalue weighted by Gasteiger charge is -2.19. The predicted octanol–water partition coefficient (Wildman–Crippen LogP) is 2.90. The first kappa shape index (κ1) is 9.79. The Morgan fingerprint density at radius 1 is 1.33 bits per heavy atom.